The normalized spacial score (nSPS) is 9.81. The zero-order chi connectivity index (χ0) is 16.3. The fourth-order valence-electron chi connectivity index (χ4n) is 1.19. The third-order valence-electron chi connectivity index (χ3n) is 2.19. The molecule has 8 heteroatoms. The van der Waals surface area contributed by atoms with Crippen molar-refractivity contribution >= 4 is 29.2 Å². The van der Waals surface area contributed by atoms with Crippen LogP contribution in [-0.4, -0.2) is 55.5 Å². The van der Waals surface area contributed by atoms with Gasteiger partial charge in [0.15, 0.2) is 11.6 Å². The van der Waals surface area contributed by atoms with Crippen LogP contribution in [0.25, 0.3) is 0 Å². The van der Waals surface area contributed by atoms with Gasteiger partial charge in [0.25, 0.3) is 0 Å². The molecule has 0 spiro atoms. The summed E-state index contributed by atoms with van der Waals surface area (Å²) in [4.78, 5) is 55.1. The van der Waals surface area contributed by atoms with Gasteiger partial charge in [-0.2, -0.15) is 0 Å². The number of carbonyl (C=O) groups is 5. The summed E-state index contributed by atoms with van der Waals surface area (Å²) in [5.41, 5.74) is 0. The standard InChI is InChI=1S/C13H20N2O6/c1-9(16)5-14-12(19)4-3-11(18)6-15-13(20)8-21-7-10(2)17/h3-8H2,1-2H3,(H,14,19)(H,15,20). The smallest absolute Gasteiger partial charge is 0.246 e. The third kappa shape index (κ3) is 12.7. The Morgan fingerprint density at radius 2 is 1.38 bits per heavy atom. The van der Waals surface area contributed by atoms with Crippen LogP contribution in [0.15, 0.2) is 0 Å². The second-order valence-electron chi connectivity index (χ2n) is 4.49. The van der Waals surface area contributed by atoms with Gasteiger partial charge in [0, 0.05) is 12.8 Å². The van der Waals surface area contributed by atoms with Gasteiger partial charge < -0.3 is 15.4 Å². The fourth-order valence-corrected chi connectivity index (χ4v) is 1.19. The zero-order valence-corrected chi connectivity index (χ0v) is 12.2. The molecule has 118 valence electrons. The first-order valence-electron chi connectivity index (χ1n) is 6.43. The van der Waals surface area contributed by atoms with Gasteiger partial charge in [-0.1, -0.05) is 0 Å². The van der Waals surface area contributed by atoms with Crippen molar-refractivity contribution in [3.63, 3.8) is 0 Å². The van der Waals surface area contributed by atoms with Gasteiger partial charge >= 0.3 is 0 Å². The van der Waals surface area contributed by atoms with Crippen LogP contribution in [0, 0.1) is 0 Å². The van der Waals surface area contributed by atoms with E-state index in [1.54, 1.807) is 0 Å². The molecular weight excluding hydrogens is 280 g/mol. The lowest BCUT2D eigenvalue weighted by Gasteiger charge is -2.05. The average Bonchev–Trinajstić information content (AvgIpc) is 2.40. The van der Waals surface area contributed by atoms with E-state index in [2.05, 4.69) is 10.6 Å². The second kappa shape index (κ2) is 10.7. The van der Waals surface area contributed by atoms with Crippen LogP contribution in [0.5, 0.6) is 0 Å². The number of nitrogens with one attached hydrogen (secondary N) is 2. The minimum atomic E-state index is -0.509. The average molecular weight is 300 g/mol. The minimum Gasteiger partial charge on any atom is -0.364 e. The van der Waals surface area contributed by atoms with Crippen molar-refractivity contribution in [1.82, 2.24) is 10.6 Å². The maximum atomic E-state index is 11.4. The molecule has 0 aromatic rings. The first-order chi connectivity index (χ1) is 9.81. The monoisotopic (exact) mass is 300 g/mol. The van der Waals surface area contributed by atoms with Crippen molar-refractivity contribution in [2.24, 2.45) is 0 Å². The van der Waals surface area contributed by atoms with Gasteiger partial charge in [-0.3, -0.25) is 24.0 Å². The van der Waals surface area contributed by atoms with E-state index >= 15 is 0 Å². The Morgan fingerprint density at radius 3 is 1.95 bits per heavy atom. The van der Waals surface area contributed by atoms with Crippen molar-refractivity contribution < 1.29 is 28.7 Å². The molecule has 0 aromatic carbocycles. The second-order valence-corrected chi connectivity index (χ2v) is 4.49. The molecular formula is C13H20N2O6. The molecule has 0 unspecified atom stereocenters. The zero-order valence-electron chi connectivity index (χ0n) is 12.2. The maximum Gasteiger partial charge on any atom is 0.246 e. The van der Waals surface area contributed by atoms with Crippen molar-refractivity contribution in [3.8, 4) is 0 Å². The van der Waals surface area contributed by atoms with Crippen molar-refractivity contribution in [2.75, 3.05) is 26.3 Å². The molecule has 0 fully saturated rings. The Kier molecular flexibility index (Phi) is 9.61. The molecule has 0 radical (unpaired) electrons. The summed E-state index contributed by atoms with van der Waals surface area (Å²) in [6.45, 7) is 1.96. The van der Waals surface area contributed by atoms with E-state index in [1.807, 2.05) is 0 Å². The number of hydrogen-bond donors (Lipinski definition) is 2. The summed E-state index contributed by atoms with van der Waals surface area (Å²) < 4.78 is 4.77. The van der Waals surface area contributed by atoms with E-state index in [-0.39, 0.29) is 56.5 Å². The summed E-state index contributed by atoms with van der Waals surface area (Å²) in [6.07, 6.45) is -0.0683. The molecule has 0 aliphatic carbocycles. The highest BCUT2D eigenvalue weighted by Gasteiger charge is 2.09. The van der Waals surface area contributed by atoms with E-state index < -0.39 is 11.8 Å². The lowest BCUT2D eigenvalue weighted by atomic mass is 10.2. The summed E-state index contributed by atoms with van der Waals surface area (Å²) in [5, 5.41) is 4.68. The third-order valence-corrected chi connectivity index (χ3v) is 2.19. The number of ether oxygens (including phenoxy) is 1. The fraction of sp³-hybridized carbons (Fsp3) is 0.615. The topological polar surface area (TPSA) is 119 Å². The van der Waals surface area contributed by atoms with Crippen molar-refractivity contribution in [3.05, 3.63) is 0 Å². The molecule has 0 bridgehead atoms. The van der Waals surface area contributed by atoms with Crippen LogP contribution in [0.2, 0.25) is 0 Å². The van der Waals surface area contributed by atoms with Gasteiger partial charge in [0.2, 0.25) is 11.8 Å². The lowest BCUT2D eigenvalue weighted by molar-refractivity contribution is -0.131. The van der Waals surface area contributed by atoms with E-state index in [0.29, 0.717) is 0 Å². The summed E-state index contributed by atoms with van der Waals surface area (Å²) in [6, 6.07) is 0. The van der Waals surface area contributed by atoms with Crippen LogP contribution in [0.1, 0.15) is 26.7 Å². The van der Waals surface area contributed by atoms with Crippen LogP contribution in [0.4, 0.5) is 0 Å². The molecule has 21 heavy (non-hydrogen) atoms. The number of amides is 2. The van der Waals surface area contributed by atoms with E-state index in [9.17, 15) is 24.0 Å². The highest BCUT2D eigenvalue weighted by atomic mass is 16.5. The molecule has 0 aromatic heterocycles. The number of hydrogen-bond acceptors (Lipinski definition) is 6. The van der Waals surface area contributed by atoms with Crippen LogP contribution in [0.3, 0.4) is 0 Å². The summed E-state index contributed by atoms with van der Waals surface area (Å²) in [5.74, 6) is -1.59. The molecule has 0 saturated carbocycles. The Labute approximate surface area is 122 Å². The van der Waals surface area contributed by atoms with Gasteiger partial charge in [0.05, 0.1) is 13.1 Å². The lowest BCUT2D eigenvalue weighted by Crippen LogP contribution is -2.34. The molecule has 0 saturated heterocycles. The van der Waals surface area contributed by atoms with Crippen LogP contribution >= 0.6 is 0 Å². The first-order valence-corrected chi connectivity index (χ1v) is 6.43. The first kappa shape index (κ1) is 18.9. The minimum absolute atomic E-state index is 0.0294. The number of rotatable bonds is 11. The highest BCUT2D eigenvalue weighted by Crippen LogP contribution is 1.90. The molecule has 2 N–H and O–H groups in total. The largest absolute Gasteiger partial charge is 0.364 e. The number of carbonyl (C=O) groups excluding carboxylic acids is 5. The summed E-state index contributed by atoms with van der Waals surface area (Å²) >= 11 is 0. The molecule has 8 nitrogen and oxygen atoms in total. The quantitative estimate of drug-likeness (QED) is 0.493. The van der Waals surface area contributed by atoms with E-state index in [0.717, 1.165) is 0 Å². The molecule has 0 heterocycles. The van der Waals surface area contributed by atoms with Gasteiger partial charge in [-0.15, -0.1) is 0 Å². The van der Waals surface area contributed by atoms with Crippen LogP contribution < -0.4 is 10.6 Å². The van der Waals surface area contributed by atoms with Crippen LogP contribution in [-0.2, 0) is 28.7 Å². The number of ketones is 3. The van der Waals surface area contributed by atoms with Gasteiger partial charge in [0.1, 0.15) is 19.0 Å². The van der Waals surface area contributed by atoms with E-state index in [4.69, 9.17) is 4.74 Å². The Bertz CT molecular complexity index is 419. The van der Waals surface area contributed by atoms with E-state index in [1.165, 1.54) is 13.8 Å². The molecule has 0 aliphatic rings. The molecule has 0 aliphatic heterocycles. The van der Waals surface area contributed by atoms with Crippen molar-refractivity contribution in [1.29, 1.82) is 0 Å². The Morgan fingerprint density at radius 1 is 0.762 bits per heavy atom. The summed E-state index contributed by atoms with van der Waals surface area (Å²) in [7, 11) is 0. The van der Waals surface area contributed by atoms with Crippen molar-refractivity contribution in [2.45, 2.75) is 26.7 Å². The predicted octanol–water partition coefficient (Wildman–Crippen LogP) is -1.24. The highest BCUT2D eigenvalue weighted by molar-refractivity contribution is 5.90. The van der Waals surface area contributed by atoms with Gasteiger partial charge in [-0.05, 0) is 13.8 Å². The SMILES string of the molecule is CC(=O)CNC(=O)CCC(=O)CNC(=O)COCC(C)=O. The predicted molar refractivity (Wildman–Crippen MR) is 72.4 cm³/mol. The molecule has 0 atom stereocenters. The number of Topliss-reactive ketones (excluding diaryl/α,β-unsaturated/α-hetero) is 3. The molecule has 0 rings (SSSR count). The Balaban J connectivity index is 3.70. The maximum absolute atomic E-state index is 11.4. The Hall–Kier alpha value is -2.09. The molecule has 2 amide bonds. The van der Waals surface area contributed by atoms with Gasteiger partial charge in [-0.25, -0.2) is 0 Å².